The highest BCUT2D eigenvalue weighted by atomic mass is 19.1. The summed E-state index contributed by atoms with van der Waals surface area (Å²) in [7, 11) is 0. The van der Waals surface area contributed by atoms with Gasteiger partial charge in [0.05, 0.1) is 6.10 Å². The van der Waals surface area contributed by atoms with Crippen LogP contribution in [0.15, 0.2) is 54.6 Å². The van der Waals surface area contributed by atoms with Gasteiger partial charge in [0.15, 0.2) is 0 Å². The van der Waals surface area contributed by atoms with Crippen LogP contribution in [0.3, 0.4) is 0 Å². The van der Waals surface area contributed by atoms with Crippen molar-refractivity contribution >= 4 is 12.0 Å². The minimum Gasteiger partial charge on any atom is -0.481 e. The molecule has 2 atom stereocenters. The highest BCUT2D eigenvalue weighted by Gasteiger charge is 2.16. The van der Waals surface area contributed by atoms with Crippen molar-refractivity contribution in [1.82, 2.24) is 10.6 Å². The number of amides is 2. The Morgan fingerprint density at radius 1 is 1.07 bits per heavy atom. The maximum atomic E-state index is 13.2. The van der Waals surface area contributed by atoms with E-state index in [1.54, 1.807) is 6.07 Å². The Labute approximate surface area is 157 Å². The molecular weight excluding hydrogens is 351 g/mol. The van der Waals surface area contributed by atoms with Gasteiger partial charge in [-0.15, -0.1) is 0 Å². The van der Waals surface area contributed by atoms with Crippen LogP contribution in [-0.2, 0) is 11.2 Å². The molecule has 0 aliphatic rings. The number of aliphatic hydroxyl groups excluding tert-OH is 1. The number of benzene rings is 2. The van der Waals surface area contributed by atoms with Crippen molar-refractivity contribution in [2.45, 2.75) is 31.4 Å². The second-order valence-corrected chi connectivity index (χ2v) is 6.24. The van der Waals surface area contributed by atoms with Crippen molar-refractivity contribution < 1.29 is 24.2 Å². The molecule has 0 spiro atoms. The van der Waals surface area contributed by atoms with Gasteiger partial charge in [-0.1, -0.05) is 42.5 Å². The summed E-state index contributed by atoms with van der Waals surface area (Å²) < 4.78 is 13.2. The Balaban J connectivity index is 1.88. The number of halogens is 1. The number of carboxylic acid groups (broad SMARTS) is 1. The Hall–Kier alpha value is -2.93. The molecule has 0 aliphatic heterocycles. The third-order valence-corrected chi connectivity index (χ3v) is 4.06. The first-order valence-electron chi connectivity index (χ1n) is 8.67. The molecule has 0 fully saturated rings. The van der Waals surface area contributed by atoms with Gasteiger partial charge in [-0.05, 0) is 36.1 Å². The number of carbonyl (C=O) groups excluding carboxylic acids is 1. The first-order chi connectivity index (χ1) is 12.9. The third-order valence-electron chi connectivity index (χ3n) is 4.06. The maximum absolute atomic E-state index is 13.2. The predicted octanol–water partition coefficient (Wildman–Crippen LogP) is 2.63. The van der Waals surface area contributed by atoms with Crippen molar-refractivity contribution in [3.05, 3.63) is 71.5 Å². The molecule has 0 radical (unpaired) electrons. The molecule has 0 aromatic heterocycles. The normalized spacial score (nSPS) is 12.8. The van der Waals surface area contributed by atoms with Crippen molar-refractivity contribution in [3.63, 3.8) is 0 Å². The summed E-state index contributed by atoms with van der Waals surface area (Å²) in [5, 5.41) is 24.2. The van der Waals surface area contributed by atoms with Crippen LogP contribution in [0.1, 0.15) is 30.1 Å². The van der Waals surface area contributed by atoms with Gasteiger partial charge in [0.25, 0.3) is 0 Å². The van der Waals surface area contributed by atoms with Crippen LogP contribution in [0, 0.1) is 5.82 Å². The summed E-state index contributed by atoms with van der Waals surface area (Å²) in [5.41, 5.74) is 1.34. The molecule has 0 saturated heterocycles. The lowest BCUT2D eigenvalue weighted by atomic mass is 10.0. The molecule has 7 heteroatoms. The molecule has 2 unspecified atom stereocenters. The lowest BCUT2D eigenvalue weighted by Crippen LogP contribution is -2.44. The second kappa shape index (κ2) is 10.3. The van der Waals surface area contributed by atoms with Gasteiger partial charge < -0.3 is 20.8 Å². The number of aliphatic carboxylic acids is 1. The van der Waals surface area contributed by atoms with E-state index in [4.69, 9.17) is 5.11 Å². The SMILES string of the molecule is O=C(O)CCC(Cc1ccccc1)NC(=O)NCC(O)c1cccc(F)c1. The van der Waals surface area contributed by atoms with Gasteiger partial charge in [-0.2, -0.15) is 0 Å². The number of hydrogen-bond acceptors (Lipinski definition) is 3. The standard InChI is InChI=1S/C20H23FN2O4/c21-16-8-4-7-15(12-16)18(24)13-22-20(27)23-17(9-10-19(25)26)11-14-5-2-1-3-6-14/h1-8,12,17-18,24H,9-11,13H2,(H,25,26)(H2,22,23,27). The molecule has 0 aliphatic carbocycles. The lowest BCUT2D eigenvalue weighted by molar-refractivity contribution is -0.137. The summed E-state index contributed by atoms with van der Waals surface area (Å²) in [5.74, 6) is -1.40. The van der Waals surface area contributed by atoms with Crippen LogP contribution in [-0.4, -0.2) is 34.8 Å². The number of urea groups is 1. The number of aliphatic hydroxyl groups is 1. The third kappa shape index (κ3) is 7.45. The molecule has 27 heavy (non-hydrogen) atoms. The van der Waals surface area contributed by atoms with Gasteiger partial charge in [-0.3, -0.25) is 4.79 Å². The molecule has 4 N–H and O–H groups in total. The lowest BCUT2D eigenvalue weighted by Gasteiger charge is -2.20. The molecule has 0 heterocycles. The Morgan fingerprint density at radius 3 is 2.48 bits per heavy atom. The monoisotopic (exact) mass is 374 g/mol. The number of nitrogens with one attached hydrogen (secondary N) is 2. The molecule has 144 valence electrons. The van der Waals surface area contributed by atoms with Crippen molar-refractivity contribution in [2.75, 3.05) is 6.54 Å². The van der Waals surface area contributed by atoms with Crippen molar-refractivity contribution in [3.8, 4) is 0 Å². The first kappa shape index (κ1) is 20.4. The van der Waals surface area contributed by atoms with Crippen LogP contribution in [0.4, 0.5) is 9.18 Å². The Bertz CT molecular complexity index is 755. The van der Waals surface area contributed by atoms with Crippen molar-refractivity contribution in [2.24, 2.45) is 0 Å². The summed E-state index contributed by atoms with van der Waals surface area (Å²) in [6.07, 6.45) is -0.333. The fourth-order valence-electron chi connectivity index (χ4n) is 2.68. The van der Waals surface area contributed by atoms with Crippen LogP contribution < -0.4 is 10.6 Å². The summed E-state index contributed by atoms with van der Waals surface area (Å²) in [4.78, 5) is 23.0. The van der Waals surface area contributed by atoms with E-state index in [1.807, 2.05) is 30.3 Å². The highest BCUT2D eigenvalue weighted by molar-refractivity contribution is 5.74. The molecule has 2 aromatic rings. The smallest absolute Gasteiger partial charge is 0.315 e. The van der Waals surface area contributed by atoms with E-state index in [9.17, 15) is 19.1 Å². The zero-order valence-corrected chi connectivity index (χ0v) is 14.8. The predicted molar refractivity (Wildman–Crippen MR) is 98.7 cm³/mol. The average Bonchev–Trinajstić information content (AvgIpc) is 2.65. The summed E-state index contributed by atoms with van der Waals surface area (Å²) in [6.45, 7) is -0.0910. The number of carbonyl (C=O) groups is 2. The van der Waals surface area contributed by atoms with Gasteiger partial charge in [0, 0.05) is 19.0 Å². The first-order valence-corrected chi connectivity index (χ1v) is 8.67. The quantitative estimate of drug-likeness (QED) is 0.542. The van der Waals surface area contributed by atoms with E-state index in [-0.39, 0.29) is 25.4 Å². The molecule has 6 nitrogen and oxygen atoms in total. The van der Waals surface area contributed by atoms with Crippen LogP contribution in [0.2, 0.25) is 0 Å². The number of hydrogen-bond donors (Lipinski definition) is 4. The van der Waals surface area contributed by atoms with E-state index in [0.717, 1.165) is 5.56 Å². The van der Waals surface area contributed by atoms with Crippen LogP contribution >= 0.6 is 0 Å². The number of rotatable bonds is 9. The highest BCUT2D eigenvalue weighted by Crippen LogP contribution is 2.13. The topological polar surface area (TPSA) is 98.7 Å². The summed E-state index contributed by atoms with van der Waals surface area (Å²) in [6, 6.07) is 14.1. The van der Waals surface area contributed by atoms with Crippen molar-refractivity contribution in [1.29, 1.82) is 0 Å². The molecule has 0 bridgehead atoms. The fourth-order valence-corrected chi connectivity index (χ4v) is 2.68. The second-order valence-electron chi connectivity index (χ2n) is 6.24. The molecule has 2 aromatic carbocycles. The van der Waals surface area contributed by atoms with Gasteiger partial charge >= 0.3 is 12.0 Å². The maximum Gasteiger partial charge on any atom is 0.315 e. The fraction of sp³-hybridized carbons (Fsp3) is 0.300. The van der Waals surface area contributed by atoms with Gasteiger partial charge in [0.2, 0.25) is 0 Å². The Kier molecular flexibility index (Phi) is 7.76. The van der Waals surface area contributed by atoms with E-state index in [1.165, 1.54) is 18.2 Å². The zero-order chi connectivity index (χ0) is 19.6. The summed E-state index contributed by atoms with van der Waals surface area (Å²) >= 11 is 0. The number of carboxylic acids is 1. The average molecular weight is 374 g/mol. The van der Waals surface area contributed by atoms with Crippen LogP contribution in [0.25, 0.3) is 0 Å². The molecule has 0 saturated carbocycles. The Morgan fingerprint density at radius 2 is 1.81 bits per heavy atom. The van der Waals surface area contributed by atoms with Gasteiger partial charge in [-0.25, -0.2) is 9.18 Å². The minimum atomic E-state index is -1.04. The van der Waals surface area contributed by atoms with Gasteiger partial charge in [0.1, 0.15) is 5.82 Å². The van der Waals surface area contributed by atoms with E-state index in [0.29, 0.717) is 12.0 Å². The molecular formula is C20H23FN2O4. The zero-order valence-electron chi connectivity index (χ0n) is 14.8. The largest absolute Gasteiger partial charge is 0.481 e. The molecule has 2 rings (SSSR count). The van der Waals surface area contributed by atoms with E-state index < -0.39 is 23.9 Å². The minimum absolute atomic E-state index is 0.0658. The van der Waals surface area contributed by atoms with E-state index in [2.05, 4.69) is 10.6 Å². The van der Waals surface area contributed by atoms with Crippen LogP contribution in [0.5, 0.6) is 0 Å². The molecule has 2 amide bonds. The van der Waals surface area contributed by atoms with E-state index >= 15 is 0 Å².